The average molecular weight is 1680 g/mol. The Morgan fingerprint density at radius 2 is 0.682 bits per heavy atom. The standard InChI is InChI=1S/2C23H28FNO.C17H23NO.C6H4F.3CH4.BrH.ClH.3HI.Mg.V/c2*24-21-12-6-5-11-20(21)23(26)15-17-25(18-16-23)22(13-7-2-8-14-22)19-9-3-1-4-10-19;19-16-9-13-18(14-10-16)17(11-5-2-6-12-17)15-7-3-1-4-8-15;7-6-4-2-1-3-5-6;;;;;;;;;;/h2*1,3-6,9-12,26H,2,7-8,13-18H2;1,3-4,7-8H,2,5-6,9-14H2;1-4H;3*1H4;5*1H;;/q;;;-1;;;;;;;;;+2;+3/p-4. The molecule has 2 N–H and O–H groups in total. The van der Waals surface area contributed by atoms with Crippen LogP contribution in [-0.2, 0) is 37.5 Å². The maximum absolute atomic E-state index is 14.2. The number of ketones is 1. The Bertz CT molecular complexity index is 2710. The molecule has 0 radical (unpaired) electrons. The molecule has 3 saturated carbocycles. The molecule has 3 heterocycles. The van der Waals surface area contributed by atoms with E-state index in [1.165, 1.54) is 137 Å². The van der Waals surface area contributed by atoms with Gasteiger partial charge in [0.2, 0.25) is 0 Å². The Morgan fingerprint density at radius 3 is 0.943 bits per heavy atom. The monoisotopic (exact) mass is 1680 g/mol. The third-order valence-corrected chi connectivity index (χ3v) is 18.7. The van der Waals surface area contributed by atoms with Gasteiger partial charge in [-0.15, -0.1) is 24.5 Å². The first kappa shape index (κ1) is 83.0. The number of carbonyl (C=O) groups excluding carboxylic acids is 1. The van der Waals surface area contributed by atoms with Crippen molar-refractivity contribution in [1.82, 2.24) is 14.7 Å². The quantitative estimate of drug-likeness (QED) is 0.0899. The van der Waals surface area contributed by atoms with Crippen molar-refractivity contribution in [3.8, 4) is 0 Å². The van der Waals surface area contributed by atoms with Gasteiger partial charge in [0, 0.05) is 85.7 Å². The Kier molecular flexibility index (Phi) is 38.6. The van der Waals surface area contributed by atoms with Crippen LogP contribution >= 0.6 is 72.3 Å². The molecule has 88 heavy (non-hydrogen) atoms. The molecule has 0 unspecified atom stereocenters. The van der Waals surface area contributed by atoms with Gasteiger partial charge in [-0.25, -0.2) is 13.2 Å². The minimum absolute atomic E-state index is 0. The minimum atomic E-state index is -1.05. The van der Waals surface area contributed by atoms with Gasteiger partial charge in [-0.05, 0) is 93.0 Å². The van der Waals surface area contributed by atoms with Crippen LogP contribution in [0.15, 0.2) is 164 Å². The van der Waals surface area contributed by atoms with E-state index < -0.39 is 11.2 Å². The number of hydrogen-bond acceptors (Lipinski definition) is 6. The first-order valence-corrected chi connectivity index (χ1v) is 43.5. The van der Waals surface area contributed by atoms with E-state index in [2.05, 4.69) is 172 Å². The summed E-state index contributed by atoms with van der Waals surface area (Å²) in [4.78, 5) is 19.0. The molecule has 0 atom stereocenters. The number of nitrogens with zero attached hydrogens (tertiary/aromatic N) is 3. The third kappa shape index (κ3) is 22.0. The number of hydrogen-bond donors (Lipinski definition) is 2. The molecule has 6 fully saturated rings. The molecular formula is C72H96BrClF3I3MgN3O3V. The van der Waals surface area contributed by atoms with Crippen LogP contribution in [0.3, 0.4) is 0 Å². The van der Waals surface area contributed by atoms with E-state index in [1.807, 2.05) is 12.1 Å². The Labute approximate surface area is 598 Å². The number of piperidine rings is 3. The summed E-state index contributed by atoms with van der Waals surface area (Å²) in [6, 6.07) is 54.6. The number of Topliss-reactive ketones (excluding diaryl/α,β-unsaturated/α-hetero) is 1. The molecule has 480 valence electrons. The second-order valence-electron chi connectivity index (χ2n) is 23.3. The van der Waals surface area contributed by atoms with Gasteiger partial charge in [-0.1, -0.05) is 207 Å². The van der Waals surface area contributed by atoms with Gasteiger partial charge in [0.05, 0.1) is 11.2 Å². The van der Waals surface area contributed by atoms with Crippen molar-refractivity contribution in [2.45, 2.75) is 185 Å². The van der Waals surface area contributed by atoms with E-state index in [4.69, 9.17) is 0 Å². The fourth-order valence-electron chi connectivity index (χ4n) is 14.4. The molecule has 0 spiro atoms. The van der Waals surface area contributed by atoms with Crippen molar-refractivity contribution in [2.75, 3.05) is 39.3 Å². The predicted octanol–water partition coefficient (Wildman–Crippen LogP) is 16.7. The Balaban J connectivity index is 0.000000404. The number of halogens is 8. The van der Waals surface area contributed by atoms with E-state index in [1.54, 1.807) is 36.4 Å². The molecule has 0 aromatic heterocycles. The van der Waals surface area contributed by atoms with Crippen LogP contribution in [-0.4, -0.2) is 93.0 Å². The zero-order valence-corrected chi connectivity index (χ0v) is 60.7. The molecule has 6 aromatic rings. The van der Waals surface area contributed by atoms with E-state index in [0.717, 1.165) is 52.1 Å². The number of aliphatic hydroxyl groups is 2. The summed E-state index contributed by atoms with van der Waals surface area (Å²) in [5.74, 6) is -0.449. The fraction of sp³-hybridized carbons (Fsp3) is 0.486. The summed E-state index contributed by atoms with van der Waals surface area (Å²) in [7, 11) is 0. The number of carbonyl (C=O) groups is 1. The summed E-state index contributed by atoms with van der Waals surface area (Å²) in [5.41, 5.74) is 3.44. The number of likely N-dealkylation sites (tertiary alicyclic amines) is 3. The smallest absolute Gasteiger partial charge is 2.00 e. The zero-order valence-electron chi connectivity index (χ0n) is 49.0. The summed E-state index contributed by atoms with van der Waals surface area (Å²) in [5, 5.41) is 22.3. The Morgan fingerprint density at radius 1 is 0.409 bits per heavy atom. The molecule has 16 heteroatoms. The van der Waals surface area contributed by atoms with Gasteiger partial charge in [0.1, 0.15) is 17.4 Å². The second-order valence-corrected chi connectivity index (χ2v) is 58.7. The van der Waals surface area contributed by atoms with Gasteiger partial charge in [0.15, 0.2) is 0 Å². The largest absolute Gasteiger partial charge is 2.00 e. The fourth-order valence-corrected chi connectivity index (χ4v) is 14.4. The molecule has 6 aromatic carbocycles. The maximum Gasteiger partial charge on any atom is 2.00 e. The van der Waals surface area contributed by atoms with Crippen molar-refractivity contribution in [3.05, 3.63) is 215 Å². The van der Waals surface area contributed by atoms with Gasteiger partial charge in [-0.2, -0.15) is 18.2 Å². The molecule has 3 aliphatic heterocycles. The van der Waals surface area contributed by atoms with Crippen molar-refractivity contribution >= 4 is 101 Å². The molecule has 12 rings (SSSR count). The van der Waals surface area contributed by atoms with Gasteiger partial charge >= 0.3 is 87.9 Å². The topological polar surface area (TPSA) is 67.2 Å². The maximum atomic E-state index is 14.2. The molecule has 0 amide bonds. The van der Waals surface area contributed by atoms with E-state index in [9.17, 15) is 28.2 Å². The SMILES string of the molecule is C.C.C.Cl.Fc1[c-]cccc1.O=C1CCN(C2(c3ccccc3)CCCCC2)CC1.OC1(c2ccccc2F)CCN(C2(c3ccccc3)CCCCC2)CC1.OC1(c2ccccc2F)CCN(C2(c3ccccc3)CCCCC2)CC1.[Br-].[I][V]([I])[I].[Mg+2]. The second kappa shape index (κ2) is 41.0. The van der Waals surface area contributed by atoms with Crippen LogP contribution < -0.4 is 17.0 Å². The minimum Gasteiger partial charge on any atom is 2.00 e. The van der Waals surface area contributed by atoms with Crippen molar-refractivity contribution in [1.29, 1.82) is 0 Å². The zero-order chi connectivity index (χ0) is 57.9. The van der Waals surface area contributed by atoms with Crippen LogP contribution in [0.4, 0.5) is 13.2 Å². The first-order chi connectivity index (χ1) is 39.7. The number of benzene rings is 6. The predicted molar refractivity (Wildman–Crippen MR) is 382 cm³/mol. The van der Waals surface area contributed by atoms with Gasteiger partial charge < -0.3 is 27.2 Å². The molecule has 6 nitrogen and oxygen atoms in total. The first-order valence-electron chi connectivity index (χ1n) is 30.0. The average Bonchev–Trinajstić information content (AvgIpc) is 2.39. The summed E-state index contributed by atoms with van der Waals surface area (Å²) in [6.45, 7) is 5.13. The summed E-state index contributed by atoms with van der Waals surface area (Å²) < 4.78 is 40.3. The van der Waals surface area contributed by atoms with E-state index in [-0.39, 0.29) is 114 Å². The normalized spacial score (nSPS) is 19.9. The van der Waals surface area contributed by atoms with Crippen molar-refractivity contribution < 1.29 is 50.1 Å². The molecular weight excluding hydrogens is 1580 g/mol. The van der Waals surface area contributed by atoms with Crippen LogP contribution in [0.2, 0.25) is 0 Å². The van der Waals surface area contributed by atoms with Crippen LogP contribution in [0.5, 0.6) is 0 Å². The molecule has 0 bridgehead atoms. The molecule has 3 aliphatic carbocycles. The molecule has 3 saturated heterocycles. The third-order valence-electron chi connectivity index (χ3n) is 18.7. The summed E-state index contributed by atoms with van der Waals surface area (Å²) in [6.07, 6.45) is 22.7. The summed E-state index contributed by atoms with van der Waals surface area (Å²) >= 11 is 7.39. The van der Waals surface area contributed by atoms with Crippen LogP contribution in [0, 0.1) is 23.5 Å². The van der Waals surface area contributed by atoms with Crippen LogP contribution in [0.25, 0.3) is 0 Å². The van der Waals surface area contributed by atoms with Crippen molar-refractivity contribution in [3.63, 3.8) is 0 Å². The van der Waals surface area contributed by atoms with Gasteiger partial charge in [-0.3, -0.25) is 19.5 Å². The van der Waals surface area contributed by atoms with Crippen molar-refractivity contribution in [2.24, 2.45) is 0 Å². The molecule has 6 aliphatic rings. The number of rotatable bonds is 8. The Hall–Kier alpha value is -1.11. The van der Waals surface area contributed by atoms with Gasteiger partial charge in [0.25, 0.3) is 0 Å². The van der Waals surface area contributed by atoms with E-state index >= 15 is 0 Å². The van der Waals surface area contributed by atoms with E-state index in [0.29, 0.717) is 42.6 Å². The van der Waals surface area contributed by atoms with Crippen LogP contribution in [0.1, 0.15) is 185 Å².